The Morgan fingerprint density at radius 2 is 2.05 bits per heavy atom. The van der Waals surface area contributed by atoms with Crippen LogP contribution in [0.5, 0.6) is 0 Å². The fourth-order valence-corrected chi connectivity index (χ4v) is 2.04. The molecule has 0 saturated heterocycles. The summed E-state index contributed by atoms with van der Waals surface area (Å²) in [6.07, 6.45) is 0. The summed E-state index contributed by atoms with van der Waals surface area (Å²) in [6, 6.07) is 13.7. The van der Waals surface area contributed by atoms with Gasteiger partial charge in [-0.05, 0) is 52.3 Å². The first-order valence-electron chi connectivity index (χ1n) is 5.46. The molecule has 0 fully saturated rings. The highest BCUT2D eigenvalue weighted by molar-refractivity contribution is 9.10. The first-order chi connectivity index (χ1) is 9.10. The molecular weight excluding hydrogens is 306 g/mol. The molecule has 0 spiro atoms. The fraction of sp³-hybridized carbons (Fsp3) is 0. The lowest BCUT2D eigenvalue weighted by Gasteiger charge is -2.08. The molecule has 0 aliphatic carbocycles. The molecule has 94 valence electrons. The van der Waals surface area contributed by atoms with Crippen LogP contribution in [0.3, 0.4) is 0 Å². The van der Waals surface area contributed by atoms with E-state index in [4.69, 9.17) is 11.0 Å². The molecule has 3 N–H and O–H groups in total. The number of nitriles is 1. The van der Waals surface area contributed by atoms with Crippen LogP contribution in [0.4, 0.5) is 11.4 Å². The monoisotopic (exact) mass is 315 g/mol. The number of hydrogen-bond donors (Lipinski definition) is 2. The SMILES string of the molecule is N#Cc1ccc(NC(=O)c2cccc(N)c2)c(Br)c1. The van der Waals surface area contributed by atoms with Crippen molar-refractivity contribution in [2.45, 2.75) is 0 Å². The number of nitrogens with two attached hydrogens (primary N) is 1. The molecule has 1 amide bonds. The standard InChI is InChI=1S/C14H10BrN3O/c15-12-6-9(8-16)4-5-13(12)18-14(19)10-2-1-3-11(17)7-10/h1-7H,17H2,(H,18,19). The number of nitrogens with zero attached hydrogens (tertiary/aromatic N) is 1. The van der Waals surface area contributed by atoms with Gasteiger partial charge in [0.15, 0.2) is 0 Å². The molecule has 4 nitrogen and oxygen atoms in total. The van der Waals surface area contributed by atoms with E-state index in [0.717, 1.165) is 0 Å². The first-order valence-corrected chi connectivity index (χ1v) is 6.26. The van der Waals surface area contributed by atoms with E-state index in [1.165, 1.54) is 0 Å². The number of nitrogens with one attached hydrogen (secondary N) is 1. The van der Waals surface area contributed by atoms with Crippen LogP contribution in [0, 0.1) is 11.3 Å². The zero-order valence-electron chi connectivity index (χ0n) is 9.85. The quantitative estimate of drug-likeness (QED) is 0.835. The van der Waals surface area contributed by atoms with Gasteiger partial charge in [0.2, 0.25) is 0 Å². The van der Waals surface area contributed by atoms with Crippen LogP contribution in [0.15, 0.2) is 46.9 Å². The van der Waals surface area contributed by atoms with Crippen LogP contribution in [0.1, 0.15) is 15.9 Å². The van der Waals surface area contributed by atoms with Gasteiger partial charge in [0, 0.05) is 15.7 Å². The minimum Gasteiger partial charge on any atom is -0.399 e. The van der Waals surface area contributed by atoms with Crippen molar-refractivity contribution in [1.82, 2.24) is 0 Å². The van der Waals surface area contributed by atoms with Gasteiger partial charge in [0.25, 0.3) is 5.91 Å². The molecule has 2 aromatic carbocycles. The molecule has 0 heterocycles. The van der Waals surface area contributed by atoms with Gasteiger partial charge in [-0.25, -0.2) is 0 Å². The normalized spacial score (nSPS) is 9.68. The van der Waals surface area contributed by atoms with Crippen LogP contribution in [0.2, 0.25) is 0 Å². The summed E-state index contributed by atoms with van der Waals surface area (Å²) >= 11 is 3.31. The second kappa shape index (κ2) is 5.55. The van der Waals surface area contributed by atoms with Gasteiger partial charge in [0.1, 0.15) is 0 Å². The lowest BCUT2D eigenvalue weighted by molar-refractivity contribution is 0.102. The molecule has 0 bridgehead atoms. The van der Waals surface area contributed by atoms with Gasteiger partial charge < -0.3 is 11.1 Å². The zero-order valence-corrected chi connectivity index (χ0v) is 11.4. The Morgan fingerprint density at radius 1 is 1.26 bits per heavy atom. The molecular formula is C14H10BrN3O. The maximum Gasteiger partial charge on any atom is 0.255 e. The summed E-state index contributed by atoms with van der Waals surface area (Å²) in [6.45, 7) is 0. The van der Waals surface area contributed by atoms with Crippen molar-refractivity contribution >= 4 is 33.2 Å². The molecule has 0 saturated carbocycles. The predicted octanol–water partition coefficient (Wildman–Crippen LogP) is 3.16. The molecule has 2 rings (SSSR count). The van der Waals surface area contributed by atoms with Gasteiger partial charge in [-0.15, -0.1) is 0 Å². The van der Waals surface area contributed by atoms with Crippen molar-refractivity contribution in [3.63, 3.8) is 0 Å². The van der Waals surface area contributed by atoms with Crippen molar-refractivity contribution < 1.29 is 4.79 Å². The maximum atomic E-state index is 12.0. The number of hydrogen-bond acceptors (Lipinski definition) is 3. The van der Waals surface area contributed by atoms with Crippen LogP contribution < -0.4 is 11.1 Å². The average Bonchev–Trinajstić information content (AvgIpc) is 2.41. The lowest BCUT2D eigenvalue weighted by Crippen LogP contribution is -2.12. The van der Waals surface area contributed by atoms with Gasteiger partial charge in [0.05, 0.1) is 17.3 Å². The topological polar surface area (TPSA) is 78.9 Å². The van der Waals surface area contributed by atoms with Gasteiger partial charge in [-0.1, -0.05) is 6.07 Å². The number of carbonyl (C=O) groups is 1. The van der Waals surface area contributed by atoms with E-state index in [2.05, 4.69) is 21.2 Å². The summed E-state index contributed by atoms with van der Waals surface area (Å²) in [4.78, 5) is 12.0. The smallest absolute Gasteiger partial charge is 0.255 e. The summed E-state index contributed by atoms with van der Waals surface area (Å²) in [7, 11) is 0. The van der Waals surface area contributed by atoms with Crippen LogP contribution >= 0.6 is 15.9 Å². The number of benzene rings is 2. The van der Waals surface area contributed by atoms with Gasteiger partial charge in [-0.2, -0.15) is 5.26 Å². The Kier molecular flexibility index (Phi) is 3.83. The molecule has 5 heteroatoms. The number of rotatable bonds is 2. The third-order valence-electron chi connectivity index (χ3n) is 2.50. The number of carbonyl (C=O) groups excluding carboxylic acids is 1. The van der Waals surface area contributed by atoms with E-state index in [-0.39, 0.29) is 5.91 Å². The Hall–Kier alpha value is -2.32. The van der Waals surface area contributed by atoms with Gasteiger partial charge in [-0.3, -0.25) is 4.79 Å². The predicted molar refractivity (Wildman–Crippen MR) is 77.7 cm³/mol. The summed E-state index contributed by atoms with van der Waals surface area (Å²) in [5.41, 5.74) is 7.77. The minimum absolute atomic E-state index is 0.252. The van der Waals surface area contributed by atoms with Crippen molar-refractivity contribution in [2.24, 2.45) is 0 Å². The largest absolute Gasteiger partial charge is 0.399 e. The second-order valence-electron chi connectivity index (χ2n) is 3.89. The Bertz CT molecular complexity index is 677. The molecule has 0 atom stereocenters. The van der Waals surface area contributed by atoms with Crippen molar-refractivity contribution in [2.75, 3.05) is 11.1 Å². The van der Waals surface area contributed by atoms with Crippen molar-refractivity contribution in [1.29, 1.82) is 5.26 Å². The van der Waals surface area contributed by atoms with Gasteiger partial charge >= 0.3 is 0 Å². The first kappa shape index (κ1) is 13.1. The number of halogens is 1. The molecule has 2 aromatic rings. The van der Waals surface area contributed by atoms with Crippen molar-refractivity contribution in [3.05, 3.63) is 58.1 Å². The molecule has 0 radical (unpaired) electrons. The van der Waals surface area contributed by atoms with E-state index >= 15 is 0 Å². The highest BCUT2D eigenvalue weighted by Gasteiger charge is 2.08. The van der Waals surface area contributed by atoms with E-state index in [1.54, 1.807) is 42.5 Å². The number of amides is 1. The zero-order chi connectivity index (χ0) is 13.8. The maximum absolute atomic E-state index is 12.0. The molecule has 0 unspecified atom stereocenters. The number of anilines is 2. The fourth-order valence-electron chi connectivity index (χ4n) is 1.56. The van der Waals surface area contributed by atoms with Crippen LogP contribution in [-0.4, -0.2) is 5.91 Å². The average molecular weight is 316 g/mol. The molecule has 0 aliphatic heterocycles. The highest BCUT2D eigenvalue weighted by atomic mass is 79.9. The molecule has 0 aromatic heterocycles. The van der Waals surface area contributed by atoms with E-state index < -0.39 is 0 Å². The number of nitrogen functional groups attached to an aromatic ring is 1. The Labute approximate surface area is 119 Å². The third kappa shape index (κ3) is 3.12. The van der Waals surface area contributed by atoms with Crippen LogP contribution in [0.25, 0.3) is 0 Å². The third-order valence-corrected chi connectivity index (χ3v) is 3.15. The Morgan fingerprint density at radius 3 is 2.68 bits per heavy atom. The molecule has 0 aliphatic rings. The summed E-state index contributed by atoms with van der Waals surface area (Å²) < 4.78 is 0.656. The summed E-state index contributed by atoms with van der Waals surface area (Å²) in [5, 5.41) is 11.5. The highest BCUT2D eigenvalue weighted by Crippen LogP contribution is 2.24. The Balaban J connectivity index is 2.22. The molecule has 19 heavy (non-hydrogen) atoms. The van der Waals surface area contributed by atoms with E-state index in [9.17, 15) is 4.79 Å². The van der Waals surface area contributed by atoms with E-state index in [0.29, 0.717) is 27.0 Å². The summed E-state index contributed by atoms with van der Waals surface area (Å²) in [5.74, 6) is -0.252. The second-order valence-corrected chi connectivity index (χ2v) is 4.74. The lowest BCUT2D eigenvalue weighted by atomic mass is 10.1. The van der Waals surface area contributed by atoms with Crippen molar-refractivity contribution in [3.8, 4) is 6.07 Å². The minimum atomic E-state index is -0.252. The van der Waals surface area contributed by atoms with E-state index in [1.807, 2.05) is 6.07 Å². The van der Waals surface area contributed by atoms with Crippen LogP contribution in [-0.2, 0) is 0 Å².